The zero-order valence-electron chi connectivity index (χ0n) is 21.8. The number of nitrogens with one attached hydrogen (secondary N) is 4. The van der Waals surface area contributed by atoms with Crippen LogP contribution in [0.4, 0.5) is 4.79 Å². The number of aromatic nitrogens is 2. The predicted octanol–water partition coefficient (Wildman–Crippen LogP) is 5.06. The molecule has 2 amide bonds. The van der Waals surface area contributed by atoms with E-state index in [0.717, 1.165) is 41.9 Å². The van der Waals surface area contributed by atoms with Crippen molar-refractivity contribution >= 4 is 12.0 Å². The van der Waals surface area contributed by atoms with Crippen LogP contribution in [0.5, 0.6) is 0 Å². The molecular formula is C28H37N5O3. The van der Waals surface area contributed by atoms with Crippen LogP contribution in [0.3, 0.4) is 0 Å². The molecule has 192 valence electrons. The third-order valence-electron chi connectivity index (χ3n) is 5.43. The van der Waals surface area contributed by atoms with E-state index >= 15 is 0 Å². The molecule has 3 rings (SSSR count). The molecule has 8 heteroatoms. The summed E-state index contributed by atoms with van der Waals surface area (Å²) in [6.45, 7) is 11.8. The number of aromatic amines is 1. The molecule has 0 saturated carbocycles. The van der Waals surface area contributed by atoms with Crippen LogP contribution in [0.25, 0.3) is 22.4 Å². The molecule has 3 aromatic rings. The normalized spacial score (nSPS) is 12.1. The van der Waals surface area contributed by atoms with Gasteiger partial charge in [0.2, 0.25) is 0 Å². The SMILES string of the molecule is CCCNCCNC(=O)c1ccc(-c2ccc(-c3cnc(C(C)NC(=O)OC(C)(C)C)[nH]3)cc2)cc1. The molecule has 0 fully saturated rings. The first-order valence-corrected chi connectivity index (χ1v) is 12.4. The van der Waals surface area contributed by atoms with Crippen LogP contribution in [-0.2, 0) is 4.74 Å². The number of nitrogens with zero attached hydrogens (tertiary/aromatic N) is 1. The molecule has 0 spiro atoms. The molecule has 0 bridgehead atoms. The molecule has 2 aromatic carbocycles. The highest BCUT2D eigenvalue weighted by Gasteiger charge is 2.19. The van der Waals surface area contributed by atoms with Gasteiger partial charge in [-0.1, -0.05) is 43.3 Å². The van der Waals surface area contributed by atoms with E-state index in [1.54, 1.807) is 6.20 Å². The Labute approximate surface area is 213 Å². The number of hydrogen-bond acceptors (Lipinski definition) is 5. The second-order valence-corrected chi connectivity index (χ2v) is 9.71. The quantitative estimate of drug-likeness (QED) is 0.297. The van der Waals surface area contributed by atoms with E-state index in [9.17, 15) is 9.59 Å². The number of amides is 2. The van der Waals surface area contributed by atoms with Crippen molar-refractivity contribution in [3.8, 4) is 22.4 Å². The molecule has 0 aliphatic rings. The van der Waals surface area contributed by atoms with Crippen LogP contribution >= 0.6 is 0 Å². The van der Waals surface area contributed by atoms with Gasteiger partial charge in [0.25, 0.3) is 5.91 Å². The zero-order chi connectivity index (χ0) is 26.1. The van der Waals surface area contributed by atoms with Gasteiger partial charge in [0.15, 0.2) is 0 Å². The Bertz CT molecular complexity index is 1130. The highest BCUT2D eigenvalue weighted by molar-refractivity contribution is 5.94. The topological polar surface area (TPSA) is 108 Å². The molecular weight excluding hydrogens is 454 g/mol. The van der Waals surface area contributed by atoms with E-state index in [2.05, 4.69) is 32.8 Å². The average Bonchev–Trinajstić information content (AvgIpc) is 3.33. The maximum atomic E-state index is 12.3. The van der Waals surface area contributed by atoms with Crippen molar-refractivity contribution in [2.75, 3.05) is 19.6 Å². The van der Waals surface area contributed by atoms with Gasteiger partial charge in [0.05, 0.1) is 17.9 Å². The van der Waals surface area contributed by atoms with Crippen molar-refractivity contribution in [2.45, 2.75) is 52.7 Å². The fourth-order valence-electron chi connectivity index (χ4n) is 3.58. The number of H-pyrrole nitrogens is 1. The van der Waals surface area contributed by atoms with Crippen LogP contribution in [0.15, 0.2) is 54.7 Å². The largest absolute Gasteiger partial charge is 0.444 e. The van der Waals surface area contributed by atoms with Crippen molar-refractivity contribution in [2.24, 2.45) is 0 Å². The number of rotatable bonds is 10. The standard InChI is InChI=1S/C28H37N5O3/c1-6-15-29-16-17-30-26(34)23-13-9-21(10-14-23)20-7-11-22(12-8-20)24-18-31-25(33-24)19(2)32-27(35)36-28(3,4)5/h7-14,18-19,29H,6,15-17H2,1-5H3,(H,30,34)(H,31,33)(H,32,35). The summed E-state index contributed by atoms with van der Waals surface area (Å²) in [6, 6.07) is 15.4. The van der Waals surface area contributed by atoms with E-state index in [1.165, 1.54) is 0 Å². The van der Waals surface area contributed by atoms with Crippen LogP contribution in [0.2, 0.25) is 0 Å². The molecule has 0 aliphatic carbocycles. The minimum Gasteiger partial charge on any atom is -0.444 e. The fraction of sp³-hybridized carbons (Fsp3) is 0.393. The van der Waals surface area contributed by atoms with E-state index < -0.39 is 11.7 Å². The lowest BCUT2D eigenvalue weighted by Gasteiger charge is -2.21. The first-order valence-electron chi connectivity index (χ1n) is 12.4. The van der Waals surface area contributed by atoms with Gasteiger partial charge >= 0.3 is 6.09 Å². The second kappa shape index (κ2) is 12.4. The lowest BCUT2D eigenvalue weighted by Crippen LogP contribution is -2.34. The van der Waals surface area contributed by atoms with Crippen molar-refractivity contribution in [1.82, 2.24) is 25.9 Å². The molecule has 4 N–H and O–H groups in total. The maximum absolute atomic E-state index is 12.3. The number of hydrogen-bond donors (Lipinski definition) is 4. The van der Waals surface area contributed by atoms with Gasteiger partial charge in [0, 0.05) is 18.7 Å². The van der Waals surface area contributed by atoms with Crippen molar-refractivity contribution in [3.63, 3.8) is 0 Å². The summed E-state index contributed by atoms with van der Waals surface area (Å²) in [6.07, 6.45) is 2.35. The first kappa shape index (κ1) is 26.9. The van der Waals surface area contributed by atoms with E-state index in [-0.39, 0.29) is 11.9 Å². The summed E-state index contributed by atoms with van der Waals surface area (Å²) in [5.74, 6) is 0.579. The molecule has 0 radical (unpaired) electrons. The monoisotopic (exact) mass is 491 g/mol. The number of carbonyl (C=O) groups excluding carboxylic acids is 2. The van der Waals surface area contributed by atoms with Crippen LogP contribution in [0, 0.1) is 0 Å². The molecule has 8 nitrogen and oxygen atoms in total. The van der Waals surface area contributed by atoms with Gasteiger partial charge in [-0.05, 0) is 69.5 Å². The lowest BCUT2D eigenvalue weighted by molar-refractivity contribution is 0.0506. The molecule has 1 unspecified atom stereocenters. The van der Waals surface area contributed by atoms with Crippen molar-refractivity contribution in [3.05, 3.63) is 66.1 Å². The Morgan fingerprint density at radius 3 is 2.17 bits per heavy atom. The van der Waals surface area contributed by atoms with Gasteiger partial charge in [0.1, 0.15) is 11.4 Å². The predicted molar refractivity (Wildman–Crippen MR) is 143 cm³/mol. The van der Waals surface area contributed by atoms with Gasteiger partial charge in [-0.15, -0.1) is 0 Å². The Morgan fingerprint density at radius 2 is 1.56 bits per heavy atom. The number of imidazole rings is 1. The third-order valence-corrected chi connectivity index (χ3v) is 5.43. The van der Waals surface area contributed by atoms with Gasteiger partial charge in [-0.3, -0.25) is 4.79 Å². The molecule has 0 saturated heterocycles. The van der Waals surface area contributed by atoms with Gasteiger partial charge in [-0.2, -0.15) is 0 Å². The van der Waals surface area contributed by atoms with Crippen LogP contribution in [-0.4, -0.2) is 47.2 Å². The summed E-state index contributed by atoms with van der Waals surface area (Å²) in [5.41, 5.74) is 4.00. The third kappa shape index (κ3) is 7.95. The van der Waals surface area contributed by atoms with E-state index in [4.69, 9.17) is 4.74 Å². The van der Waals surface area contributed by atoms with Crippen LogP contribution in [0.1, 0.15) is 63.3 Å². The number of ether oxygens (including phenoxy) is 1. The van der Waals surface area contributed by atoms with Gasteiger partial charge in [-0.25, -0.2) is 9.78 Å². The summed E-state index contributed by atoms with van der Waals surface area (Å²) < 4.78 is 5.31. The Kier molecular flexibility index (Phi) is 9.25. The number of carbonyl (C=O) groups is 2. The molecule has 1 atom stereocenters. The summed E-state index contributed by atoms with van der Waals surface area (Å²) >= 11 is 0. The Balaban J connectivity index is 1.58. The van der Waals surface area contributed by atoms with E-state index in [0.29, 0.717) is 17.9 Å². The van der Waals surface area contributed by atoms with Crippen LogP contribution < -0.4 is 16.0 Å². The smallest absolute Gasteiger partial charge is 0.408 e. The van der Waals surface area contributed by atoms with Gasteiger partial charge < -0.3 is 25.7 Å². The number of alkyl carbamates (subject to hydrolysis) is 1. The maximum Gasteiger partial charge on any atom is 0.408 e. The second-order valence-electron chi connectivity index (χ2n) is 9.71. The average molecular weight is 492 g/mol. The Hall–Kier alpha value is -3.65. The molecule has 0 aliphatic heterocycles. The molecule has 1 aromatic heterocycles. The summed E-state index contributed by atoms with van der Waals surface area (Å²) in [4.78, 5) is 32.0. The summed E-state index contributed by atoms with van der Waals surface area (Å²) in [7, 11) is 0. The number of benzene rings is 2. The lowest BCUT2D eigenvalue weighted by atomic mass is 10.0. The summed E-state index contributed by atoms with van der Waals surface area (Å²) in [5, 5.41) is 8.99. The van der Waals surface area contributed by atoms with E-state index in [1.807, 2.05) is 76.2 Å². The minimum absolute atomic E-state index is 0.0689. The molecule has 36 heavy (non-hydrogen) atoms. The van der Waals surface area contributed by atoms with Crippen molar-refractivity contribution < 1.29 is 14.3 Å². The molecule has 1 heterocycles. The zero-order valence-corrected chi connectivity index (χ0v) is 21.8. The highest BCUT2D eigenvalue weighted by Crippen LogP contribution is 2.25. The highest BCUT2D eigenvalue weighted by atomic mass is 16.6. The Morgan fingerprint density at radius 1 is 0.944 bits per heavy atom. The first-order chi connectivity index (χ1) is 17.2. The minimum atomic E-state index is -0.557. The van der Waals surface area contributed by atoms with Crippen molar-refractivity contribution in [1.29, 1.82) is 0 Å². The fourth-order valence-corrected chi connectivity index (χ4v) is 3.58.